The molecule has 6 nitrogen and oxygen atoms in total. The van der Waals surface area contributed by atoms with E-state index in [2.05, 4.69) is 0 Å². The van der Waals surface area contributed by atoms with Gasteiger partial charge in [0.1, 0.15) is 5.75 Å². The Kier molecular flexibility index (Phi) is 6.29. The van der Waals surface area contributed by atoms with Crippen molar-refractivity contribution in [1.29, 1.82) is 0 Å². The smallest absolute Gasteiger partial charge is 0.243 e. The highest BCUT2D eigenvalue weighted by atomic mass is 32.2. The van der Waals surface area contributed by atoms with Gasteiger partial charge in [0, 0.05) is 26.2 Å². The molecule has 2 aromatic carbocycles. The molecule has 0 radical (unpaired) electrons. The number of nitrogens with zero attached hydrogens (tertiary/aromatic N) is 2. The zero-order chi connectivity index (χ0) is 21.2. The van der Waals surface area contributed by atoms with Crippen molar-refractivity contribution >= 4 is 15.9 Å². The predicted octanol–water partition coefficient (Wildman–Crippen LogP) is 2.70. The molecule has 1 heterocycles. The van der Waals surface area contributed by atoms with Crippen molar-refractivity contribution in [2.75, 3.05) is 33.3 Å². The van der Waals surface area contributed by atoms with Crippen LogP contribution >= 0.6 is 0 Å². The molecule has 2 aromatic rings. The van der Waals surface area contributed by atoms with E-state index in [0.717, 1.165) is 28.0 Å². The molecule has 1 saturated heterocycles. The fourth-order valence-corrected chi connectivity index (χ4v) is 5.74. The minimum Gasteiger partial charge on any atom is -0.497 e. The topological polar surface area (TPSA) is 66.9 Å². The SMILES string of the molecule is COc1ccc(CC(=O)N2CCN(S(=O)(=O)c3c(C)cc(C)cc3C)CC2)cc1. The summed E-state index contributed by atoms with van der Waals surface area (Å²) >= 11 is 0. The second-order valence-electron chi connectivity index (χ2n) is 7.54. The maximum atomic E-state index is 13.2. The second-order valence-corrected chi connectivity index (χ2v) is 9.41. The Hall–Kier alpha value is -2.38. The molecule has 0 atom stereocenters. The zero-order valence-corrected chi connectivity index (χ0v) is 18.3. The van der Waals surface area contributed by atoms with Gasteiger partial charge < -0.3 is 9.64 Å². The van der Waals surface area contributed by atoms with E-state index in [4.69, 9.17) is 4.74 Å². The Balaban J connectivity index is 1.66. The molecule has 1 aliphatic rings. The lowest BCUT2D eigenvalue weighted by molar-refractivity contribution is -0.131. The number of hydrogen-bond donors (Lipinski definition) is 0. The van der Waals surface area contributed by atoms with E-state index >= 15 is 0 Å². The van der Waals surface area contributed by atoms with Crippen LogP contribution in [0.15, 0.2) is 41.3 Å². The van der Waals surface area contributed by atoms with E-state index in [1.54, 1.807) is 12.0 Å². The lowest BCUT2D eigenvalue weighted by atomic mass is 10.1. The Bertz CT molecular complexity index is 969. The molecule has 0 bridgehead atoms. The highest BCUT2D eigenvalue weighted by Crippen LogP contribution is 2.26. The lowest BCUT2D eigenvalue weighted by Crippen LogP contribution is -2.51. The number of amides is 1. The summed E-state index contributed by atoms with van der Waals surface area (Å²) in [6.45, 7) is 7.05. The summed E-state index contributed by atoms with van der Waals surface area (Å²) in [5, 5.41) is 0. The molecule has 3 rings (SSSR count). The van der Waals surface area contributed by atoms with Crippen LogP contribution in [0.25, 0.3) is 0 Å². The van der Waals surface area contributed by atoms with Crippen LogP contribution in [0, 0.1) is 20.8 Å². The molecular formula is C22H28N2O4S. The number of benzene rings is 2. The first-order valence-electron chi connectivity index (χ1n) is 9.71. The normalized spacial score (nSPS) is 15.4. The number of aryl methyl sites for hydroxylation is 3. The third-order valence-corrected chi connectivity index (χ3v) is 7.51. The number of rotatable bonds is 5. The molecule has 156 valence electrons. The van der Waals surface area contributed by atoms with Crippen LogP contribution in [0.1, 0.15) is 22.3 Å². The first-order chi connectivity index (χ1) is 13.7. The minimum absolute atomic E-state index is 0.00918. The first kappa shape index (κ1) is 21.3. The summed E-state index contributed by atoms with van der Waals surface area (Å²) in [7, 11) is -1.97. The van der Waals surface area contributed by atoms with Gasteiger partial charge in [-0.1, -0.05) is 29.8 Å². The van der Waals surface area contributed by atoms with Crippen LogP contribution in [0.4, 0.5) is 0 Å². The molecule has 0 spiro atoms. The predicted molar refractivity (Wildman–Crippen MR) is 113 cm³/mol. The van der Waals surface area contributed by atoms with Crippen molar-refractivity contribution in [3.8, 4) is 5.75 Å². The summed E-state index contributed by atoms with van der Waals surface area (Å²) in [6.07, 6.45) is 0.299. The van der Waals surface area contributed by atoms with Gasteiger partial charge in [-0.05, 0) is 49.6 Å². The average molecular weight is 417 g/mol. The molecule has 0 N–H and O–H groups in total. The molecule has 0 aliphatic carbocycles. The van der Waals surface area contributed by atoms with E-state index in [9.17, 15) is 13.2 Å². The minimum atomic E-state index is -3.57. The Labute approximate surface area is 173 Å². The molecule has 29 heavy (non-hydrogen) atoms. The van der Waals surface area contributed by atoms with Crippen molar-refractivity contribution in [2.24, 2.45) is 0 Å². The van der Waals surface area contributed by atoms with Crippen molar-refractivity contribution in [3.63, 3.8) is 0 Å². The van der Waals surface area contributed by atoms with Gasteiger partial charge in [-0.25, -0.2) is 8.42 Å². The molecule has 0 saturated carbocycles. The third-order valence-electron chi connectivity index (χ3n) is 5.31. The fourth-order valence-electron chi connectivity index (χ4n) is 3.91. The third kappa shape index (κ3) is 4.62. The van der Waals surface area contributed by atoms with Crippen molar-refractivity contribution < 1.29 is 17.9 Å². The molecule has 7 heteroatoms. The molecule has 1 amide bonds. The monoisotopic (exact) mass is 416 g/mol. The quantitative estimate of drug-likeness (QED) is 0.752. The Morgan fingerprint density at radius 1 is 0.966 bits per heavy atom. The van der Waals surface area contributed by atoms with E-state index < -0.39 is 10.0 Å². The highest BCUT2D eigenvalue weighted by molar-refractivity contribution is 7.89. The van der Waals surface area contributed by atoms with Crippen LogP contribution in [-0.4, -0.2) is 56.8 Å². The zero-order valence-electron chi connectivity index (χ0n) is 17.4. The van der Waals surface area contributed by atoms with Gasteiger partial charge in [0.25, 0.3) is 0 Å². The van der Waals surface area contributed by atoms with Crippen molar-refractivity contribution in [2.45, 2.75) is 32.1 Å². The highest BCUT2D eigenvalue weighted by Gasteiger charge is 2.32. The van der Waals surface area contributed by atoms with Crippen LogP contribution in [0.5, 0.6) is 5.75 Å². The van der Waals surface area contributed by atoms with Gasteiger partial charge in [-0.2, -0.15) is 4.31 Å². The van der Waals surface area contributed by atoms with Gasteiger partial charge in [-0.15, -0.1) is 0 Å². The van der Waals surface area contributed by atoms with Crippen molar-refractivity contribution in [3.05, 3.63) is 58.7 Å². The number of carbonyl (C=O) groups excluding carboxylic acids is 1. The first-order valence-corrected chi connectivity index (χ1v) is 11.1. The van der Waals surface area contributed by atoms with E-state index in [1.807, 2.05) is 57.2 Å². The Morgan fingerprint density at radius 2 is 1.52 bits per heavy atom. The molecule has 0 aromatic heterocycles. The standard InChI is InChI=1S/C22H28N2O4S/c1-16-13-17(2)22(18(3)14-16)29(26,27)24-11-9-23(10-12-24)21(25)15-19-5-7-20(28-4)8-6-19/h5-8,13-14H,9-12,15H2,1-4H3. The lowest BCUT2D eigenvalue weighted by Gasteiger charge is -2.34. The molecule has 1 fully saturated rings. The van der Waals surface area contributed by atoms with Crippen LogP contribution in [-0.2, 0) is 21.2 Å². The number of piperazine rings is 1. The maximum Gasteiger partial charge on any atom is 0.243 e. The van der Waals surface area contributed by atoms with Crippen LogP contribution in [0.3, 0.4) is 0 Å². The molecule has 0 unspecified atom stereocenters. The van der Waals surface area contributed by atoms with Crippen LogP contribution < -0.4 is 4.74 Å². The van der Waals surface area contributed by atoms with E-state index in [1.165, 1.54) is 4.31 Å². The average Bonchev–Trinajstić information content (AvgIpc) is 2.67. The number of carbonyl (C=O) groups is 1. The number of methoxy groups -OCH3 is 1. The number of ether oxygens (including phenoxy) is 1. The summed E-state index contributed by atoms with van der Waals surface area (Å²) in [5.74, 6) is 0.761. The molecular weight excluding hydrogens is 388 g/mol. The molecule has 1 aliphatic heterocycles. The van der Waals surface area contributed by atoms with Crippen molar-refractivity contribution in [1.82, 2.24) is 9.21 Å². The Morgan fingerprint density at radius 3 is 2.03 bits per heavy atom. The van der Waals surface area contributed by atoms with Gasteiger partial charge in [0.2, 0.25) is 15.9 Å². The van der Waals surface area contributed by atoms with Gasteiger partial charge in [-0.3, -0.25) is 4.79 Å². The second kappa shape index (κ2) is 8.55. The summed E-state index contributed by atoms with van der Waals surface area (Å²) in [4.78, 5) is 14.8. The van der Waals surface area contributed by atoms with Gasteiger partial charge in [0.05, 0.1) is 18.4 Å². The van der Waals surface area contributed by atoms with E-state index in [-0.39, 0.29) is 5.91 Å². The van der Waals surface area contributed by atoms with Crippen LogP contribution in [0.2, 0.25) is 0 Å². The summed E-state index contributed by atoms with van der Waals surface area (Å²) in [5.41, 5.74) is 3.49. The maximum absolute atomic E-state index is 13.2. The summed E-state index contributed by atoms with van der Waals surface area (Å²) < 4.78 is 33.0. The number of hydrogen-bond acceptors (Lipinski definition) is 4. The largest absolute Gasteiger partial charge is 0.497 e. The van der Waals surface area contributed by atoms with Gasteiger partial charge >= 0.3 is 0 Å². The summed E-state index contributed by atoms with van der Waals surface area (Å²) in [6, 6.07) is 11.2. The van der Waals surface area contributed by atoms with E-state index in [0.29, 0.717) is 37.5 Å². The number of sulfonamides is 1. The fraction of sp³-hybridized carbons (Fsp3) is 0.409. The van der Waals surface area contributed by atoms with Gasteiger partial charge in [0.15, 0.2) is 0 Å².